The number of nitrogens with one attached hydrogen (secondary N) is 5. The summed E-state index contributed by atoms with van der Waals surface area (Å²) < 4.78 is 103. The number of rotatable bonds is 29. The Kier molecular flexibility index (Phi) is 31.1. The zero-order valence-electron chi connectivity index (χ0n) is 81.3. The smallest absolute Gasteiger partial charge is 0.408 e. The summed E-state index contributed by atoms with van der Waals surface area (Å²) >= 11 is 0. The van der Waals surface area contributed by atoms with Crippen LogP contribution in [0.4, 0.5) is 9.59 Å². The number of aromatic nitrogens is 4. The van der Waals surface area contributed by atoms with E-state index in [-0.39, 0.29) is 89.1 Å². The Morgan fingerprint density at radius 3 is 1.23 bits per heavy atom. The minimum Gasteiger partial charge on any atom is -0.497 e. The van der Waals surface area contributed by atoms with Crippen molar-refractivity contribution in [2.45, 2.75) is 215 Å². The first-order chi connectivity index (χ1) is 65.6. The van der Waals surface area contributed by atoms with E-state index in [1.807, 2.05) is 152 Å². The number of likely N-dealkylation sites (tertiary alicyclic amines) is 2. The number of carboxylic acids is 1. The van der Waals surface area contributed by atoms with Crippen LogP contribution in [0.2, 0.25) is 0 Å². The molecule has 4 aromatic heterocycles. The molecule has 2 saturated heterocycles. The van der Waals surface area contributed by atoms with Gasteiger partial charge < -0.3 is 73.4 Å². The molecule has 6 heterocycles. The third-order valence-corrected chi connectivity index (χ3v) is 29.3. The Hall–Kier alpha value is -12.4. The van der Waals surface area contributed by atoms with E-state index in [4.69, 9.17) is 53.7 Å². The maximum absolute atomic E-state index is 14.9. The van der Waals surface area contributed by atoms with Gasteiger partial charge in [0.15, 0.2) is 24.3 Å². The number of primary sulfonamides is 1. The number of nitrogens with two attached hydrogens (primary N) is 1. The van der Waals surface area contributed by atoms with Crippen molar-refractivity contribution in [3.63, 3.8) is 0 Å². The average molecular weight is 2160 g/mol. The Bertz CT molecular complexity index is 6490. The Balaban J connectivity index is 0.000000212. The molecule has 732 valence electrons. The van der Waals surface area contributed by atoms with Crippen LogP contribution in [-0.2, 0) is 71.1 Å². The number of nitrogens with zero attached hydrogens (tertiary/aromatic N) is 6. The van der Waals surface area contributed by atoms with Crippen LogP contribution in [-0.4, -0.2) is 205 Å². The van der Waals surface area contributed by atoms with Crippen molar-refractivity contribution >= 4 is 97.9 Å². The van der Waals surface area contributed by atoms with Crippen molar-refractivity contribution in [2.75, 3.05) is 27.3 Å². The molecule has 6 aromatic carbocycles. The number of carbonyl (C=O) groups is 8. The van der Waals surface area contributed by atoms with E-state index in [0.717, 1.165) is 22.3 Å². The molecule has 0 unspecified atom stereocenters. The number of amides is 7. The topological polar surface area (TPSA) is 451 Å². The number of benzene rings is 6. The number of methoxy groups -OCH3 is 2. The molecule has 4 aliphatic carbocycles. The van der Waals surface area contributed by atoms with Crippen LogP contribution in [0.3, 0.4) is 0 Å². The monoisotopic (exact) mass is 2160 g/mol. The normalized spacial score (nSPS) is 20.8. The average Bonchev–Trinajstić information content (AvgIpc) is 1.57. The SMILES string of the molecule is C=C[C@@H]1C[C@]1(NC(=O)[C@@H]1C[C@@H](Oc2cc(-c3ccccc3)nc3cc(OC)ccc23)CN1C(=O)[C@@H](NC(=O)OC(C)(C)C)C(C)(C)C)C(=O)NS(=O)(=O)C1(Cc2ncoc2-c2ccccc2)CC1.C=C[C@@H]1C[C@]1(NC(=O)[C@@H]1C[C@@H](Oc2cc(-c3ccccc3)nc3cc(OC)ccc23)CN1C(=O)[C@@H](NC(=O)OC(C)(C)C)C(C)(C)C)C(=O)O.NS(=O)(=O)C1(Cc2ncoc2-c2ccccc2)CC1.[2H][B].[U]. The summed E-state index contributed by atoms with van der Waals surface area (Å²) in [5.74, 6) is -2.41. The molecule has 139 heavy (non-hydrogen) atoms. The molecule has 6 fully saturated rings. The molecule has 8 N–H and O–H groups in total. The van der Waals surface area contributed by atoms with Gasteiger partial charge in [-0.3, -0.25) is 28.7 Å². The number of aliphatic carboxylic acids is 1. The molecule has 0 bridgehead atoms. The molecule has 2 radical (unpaired) electrons. The van der Waals surface area contributed by atoms with Gasteiger partial charge in [-0.05, 0) is 116 Å². The minimum atomic E-state index is -4.34. The van der Waals surface area contributed by atoms with Gasteiger partial charge in [-0.2, -0.15) is 0 Å². The number of sulfonamides is 2. The number of alkyl carbamates (subject to hydrolysis) is 2. The molecule has 16 rings (SSSR count). The van der Waals surface area contributed by atoms with Crippen LogP contribution in [0.5, 0.6) is 23.0 Å². The van der Waals surface area contributed by atoms with Crippen LogP contribution in [0.1, 0.15) is 146 Å². The quantitative estimate of drug-likeness (QED) is 0.0169. The molecule has 2 aliphatic heterocycles. The first-order valence-electron chi connectivity index (χ1n) is 45.9. The Morgan fingerprint density at radius 1 is 0.540 bits per heavy atom. The Labute approximate surface area is 835 Å². The first kappa shape index (κ1) is 104. The van der Waals surface area contributed by atoms with Gasteiger partial charge in [-0.15, -0.1) is 13.2 Å². The van der Waals surface area contributed by atoms with Crippen molar-refractivity contribution in [1.82, 2.24) is 55.7 Å². The molecular weight excluding hydrogens is 2040 g/mol. The number of fused-ring (bicyclic) bond motifs is 2. The van der Waals surface area contributed by atoms with Gasteiger partial charge in [-0.1, -0.05) is 175 Å². The van der Waals surface area contributed by atoms with E-state index in [2.05, 4.69) is 57.5 Å². The second-order valence-electron chi connectivity index (χ2n) is 39.9. The molecule has 7 amide bonds. The van der Waals surface area contributed by atoms with Crippen LogP contribution in [0.25, 0.3) is 67.0 Å². The van der Waals surface area contributed by atoms with Crippen LogP contribution in [0.15, 0.2) is 217 Å². The number of carbonyl (C=O) groups excluding carboxylic acids is 7. The van der Waals surface area contributed by atoms with Gasteiger partial charge in [-0.25, -0.2) is 56.3 Å². The van der Waals surface area contributed by atoms with Gasteiger partial charge >= 0.3 is 18.2 Å². The molecule has 10 atom stereocenters. The molecule has 10 aromatic rings. The van der Waals surface area contributed by atoms with Gasteiger partial charge in [0, 0.05) is 134 Å². The molecule has 6 aliphatic rings. The summed E-state index contributed by atoms with van der Waals surface area (Å²) in [5.41, 5.74) is 0.381. The van der Waals surface area contributed by atoms with Crippen molar-refractivity contribution in [2.24, 2.45) is 27.8 Å². The molecular formula is C102H119BN12O21S2U. The predicted octanol–water partition coefficient (Wildman–Crippen LogP) is 13.5. The maximum atomic E-state index is 14.9. The molecule has 33 nitrogen and oxygen atoms in total. The third kappa shape index (κ3) is 24.0. The second kappa shape index (κ2) is 41.5. The number of hydrogen-bond acceptors (Lipinski definition) is 24. The van der Waals surface area contributed by atoms with E-state index < -0.39 is 159 Å². The van der Waals surface area contributed by atoms with Crippen LogP contribution >= 0.6 is 0 Å². The predicted molar refractivity (Wildman–Crippen MR) is 520 cm³/mol. The summed E-state index contributed by atoms with van der Waals surface area (Å²) in [6, 6.07) is 47.8. The van der Waals surface area contributed by atoms with Crippen molar-refractivity contribution in [3.05, 3.63) is 219 Å². The summed E-state index contributed by atoms with van der Waals surface area (Å²) in [6.07, 6.45) is 4.92. The number of carboxylic acid groups (broad SMARTS) is 1. The van der Waals surface area contributed by atoms with Gasteiger partial charge in [0.25, 0.3) is 5.91 Å². The van der Waals surface area contributed by atoms with Crippen molar-refractivity contribution < 1.29 is 129 Å². The number of ether oxygens (including phenoxy) is 6. The molecule has 37 heteroatoms. The van der Waals surface area contributed by atoms with Crippen LogP contribution < -0.4 is 50.1 Å². The fourth-order valence-corrected chi connectivity index (χ4v) is 19.9. The second-order valence-corrected chi connectivity index (χ2v) is 43.9. The zero-order chi connectivity index (χ0) is 101. The summed E-state index contributed by atoms with van der Waals surface area (Å²) in [7, 11) is -0.995. The van der Waals surface area contributed by atoms with E-state index in [1.54, 1.807) is 116 Å². The largest absolute Gasteiger partial charge is 0.497 e. The molecule has 0 spiro atoms. The van der Waals surface area contributed by atoms with Gasteiger partial charge in [0.05, 0.1) is 70.6 Å². The minimum absolute atomic E-state index is 0. The standard InChI is InChI=1S/C51H58N6O10S.C38H46N4O8.C13H14N2O3S.BH.U/c1-9-33-27-51(33,46(60)56-68(62,63)50(22-23-50)28-39-42(65-30-52-39)32-18-14-11-15-19-32)55-44(58)40-25-35(29-57(40)45(59)43(48(2,3)4)54-47(61)67-49(5,6)7)66-41-26-37(31-16-12-10-13-17-31)53-38-24-34(64-8)20-21-36(38)41;1-9-23-20-38(23,34(45)46)41-32(43)29-18-25(21-42(29)33(44)31(36(2,3)4)40-35(47)50-37(5,6)7)49-30-19-27(22-13-11-10-12-14-22)39-28-17-24(48-8)15-16-26(28)30;14-19(16,17)13(6-7-13)8-11-12(18-9-15-11)10-4-2-1-3-5-10;;/h9-21,24,26,30,33,35,40,43H,1,22-23,25,27-29H2,2-8H3,(H,54,61)(H,55,58)(H,56,60);9-17,19,23,25,29,31H,1,18,20-21H2,2-8H3,(H,40,47)(H,41,43)(H,45,46);1-5,9H,6-8H2,(H2,14,16,17);1H;/t33-,35-,40+,43-,51-;23-,25-,29+,31-,38-;;;/m11.../s1/i;;;1D;. The first-order valence-corrected chi connectivity index (χ1v) is 48.4. The molecule has 4 saturated carbocycles. The van der Waals surface area contributed by atoms with Gasteiger partial charge in [0.2, 0.25) is 43.7 Å². The van der Waals surface area contributed by atoms with Crippen molar-refractivity contribution in [3.8, 4) is 68.2 Å². The fourth-order valence-electron chi connectivity index (χ4n) is 17.3. The van der Waals surface area contributed by atoms with E-state index in [0.29, 0.717) is 98.4 Å². The third-order valence-electron chi connectivity index (χ3n) is 25.4. The summed E-state index contributed by atoms with van der Waals surface area (Å²) in [5, 5.41) is 27.7. The zero-order valence-corrected chi connectivity index (χ0v) is 86.1. The number of hydrogen-bond donors (Lipinski definition) is 7. The number of pyridine rings is 2. The van der Waals surface area contributed by atoms with Crippen LogP contribution in [0, 0.1) is 53.8 Å². The van der Waals surface area contributed by atoms with E-state index >= 15 is 0 Å². The summed E-state index contributed by atoms with van der Waals surface area (Å²) in [4.78, 5) is 132. The summed E-state index contributed by atoms with van der Waals surface area (Å²) in [6.45, 7) is 28.5. The maximum Gasteiger partial charge on any atom is 0.408 e. The fraction of sp³-hybridized carbons (Fsp3) is 0.412. The van der Waals surface area contributed by atoms with E-state index in [9.17, 15) is 60.3 Å². The number of oxazole rings is 2. The van der Waals surface area contributed by atoms with Crippen molar-refractivity contribution in [1.29, 1.82) is 1.34 Å². The van der Waals surface area contributed by atoms with E-state index in [1.165, 1.54) is 34.7 Å². The Morgan fingerprint density at radius 2 is 0.899 bits per heavy atom. The van der Waals surface area contributed by atoms with Gasteiger partial charge in [0.1, 0.15) is 81.7 Å².